The topological polar surface area (TPSA) is 72.5 Å². The molecule has 5 heteroatoms. The van der Waals surface area contributed by atoms with Gasteiger partial charge in [-0.05, 0) is 43.6 Å². The van der Waals surface area contributed by atoms with Gasteiger partial charge in [-0.25, -0.2) is 0 Å². The number of hydrogen-bond donors (Lipinski definition) is 2. The van der Waals surface area contributed by atoms with E-state index in [-0.39, 0.29) is 0 Å². The molecule has 94 valence electrons. The van der Waals surface area contributed by atoms with Gasteiger partial charge in [-0.2, -0.15) is 11.8 Å². The second-order valence-electron chi connectivity index (χ2n) is 4.12. The minimum Gasteiger partial charge on any atom is -0.480 e. The average molecular weight is 247 g/mol. The molecule has 1 fully saturated rings. The van der Waals surface area contributed by atoms with E-state index >= 15 is 0 Å². The first-order valence-electron chi connectivity index (χ1n) is 5.88. The Bertz CT molecular complexity index is 207. The van der Waals surface area contributed by atoms with Gasteiger partial charge in [0, 0.05) is 6.61 Å². The summed E-state index contributed by atoms with van der Waals surface area (Å²) in [5, 5.41) is 8.58. The normalized spacial score (nSPS) is 22.2. The molecule has 4 nitrogen and oxygen atoms in total. The van der Waals surface area contributed by atoms with Crippen LogP contribution in [0.15, 0.2) is 0 Å². The smallest absolute Gasteiger partial charge is 0.320 e. The van der Waals surface area contributed by atoms with Crippen LogP contribution in [0.1, 0.15) is 32.1 Å². The average Bonchev–Trinajstić information content (AvgIpc) is 2.75. The molecule has 1 aliphatic rings. The molecule has 3 N–H and O–H groups in total. The summed E-state index contributed by atoms with van der Waals surface area (Å²) in [4.78, 5) is 10.4. The summed E-state index contributed by atoms with van der Waals surface area (Å²) in [6.45, 7) is 0.922. The fraction of sp³-hybridized carbons (Fsp3) is 0.909. The largest absolute Gasteiger partial charge is 0.480 e. The van der Waals surface area contributed by atoms with Crippen LogP contribution < -0.4 is 5.73 Å². The van der Waals surface area contributed by atoms with Crippen molar-refractivity contribution in [3.8, 4) is 0 Å². The summed E-state index contributed by atoms with van der Waals surface area (Å²) in [5.41, 5.74) is 5.40. The van der Waals surface area contributed by atoms with Crippen LogP contribution in [-0.4, -0.2) is 41.3 Å². The maximum Gasteiger partial charge on any atom is 0.320 e. The van der Waals surface area contributed by atoms with E-state index in [1.165, 1.54) is 12.8 Å². The van der Waals surface area contributed by atoms with Gasteiger partial charge in [-0.3, -0.25) is 4.79 Å². The van der Waals surface area contributed by atoms with E-state index in [0.29, 0.717) is 12.5 Å². The van der Waals surface area contributed by atoms with Crippen molar-refractivity contribution < 1.29 is 14.6 Å². The van der Waals surface area contributed by atoms with Crippen molar-refractivity contribution in [2.75, 3.05) is 18.1 Å². The van der Waals surface area contributed by atoms with Crippen LogP contribution in [0.4, 0.5) is 0 Å². The summed E-state index contributed by atoms with van der Waals surface area (Å²) in [6, 6.07) is -0.703. The first-order chi connectivity index (χ1) is 7.70. The van der Waals surface area contributed by atoms with E-state index < -0.39 is 12.0 Å². The number of rotatable bonds is 8. The summed E-state index contributed by atoms with van der Waals surface area (Å²) in [5.74, 6) is 1.01. The molecule has 0 aliphatic carbocycles. The zero-order valence-electron chi connectivity index (χ0n) is 9.56. The molecule has 2 atom stereocenters. The van der Waals surface area contributed by atoms with Crippen LogP contribution in [0.5, 0.6) is 0 Å². The SMILES string of the molecule is NC(CCSCCCC1CCCO1)C(=O)O. The predicted molar refractivity (Wildman–Crippen MR) is 65.8 cm³/mol. The molecule has 0 amide bonds. The number of aliphatic carboxylic acids is 1. The van der Waals surface area contributed by atoms with Crippen LogP contribution in [0, 0.1) is 0 Å². The minimum atomic E-state index is -0.903. The maximum atomic E-state index is 10.4. The van der Waals surface area contributed by atoms with Crippen molar-refractivity contribution in [1.82, 2.24) is 0 Å². The van der Waals surface area contributed by atoms with Crippen molar-refractivity contribution in [3.05, 3.63) is 0 Å². The molecule has 0 aromatic rings. The van der Waals surface area contributed by atoms with Crippen LogP contribution >= 0.6 is 11.8 Å². The van der Waals surface area contributed by atoms with Gasteiger partial charge in [-0.1, -0.05) is 0 Å². The van der Waals surface area contributed by atoms with Crippen molar-refractivity contribution in [3.63, 3.8) is 0 Å². The van der Waals surface area contributed by atoms with E-state index in [0.717, 1.165) is 31.0 Å². The molecule has 0 aromatic carbocycles. The third-order valence-electron chi connectivity index (χ3n) is 2.73. The Balaban J connectivity index is 1.86. The first-order valence-corrected chi connectivity index (χ1v) is 7.03. The van der Waals surface area contributed by atoms with E-state index in [4.69, 9.17) is 15.6 Å². The fourth-order valence-electron chi connectivity index (χ4n) is 1.72. The quantitative estimate of drug-likeness (QED) is 0.636. The minimum absolute atomic E-state index is 0.474. The molecule has 0 bridgehead atoms. The van der Waals surface area contributed by atoms with E-state index in [1.54, 1.807) is 11.8 Å². The third-order valence-corrected chi connectivity index (χ3v) is 3.83. The molecule has 0 radical (unpaired) electrons. The molecule has 16 heavy (non-hydrogen) atoms. The zero-order valence-corrected chi connectivity index (χ0v) is 10.4. The van der Waals surface area contributed by atoms with E-state index in [9.17, 15) is 4.79 Å². The highest BCUT2D eigenvalue weighted by Crippen LogP contribution is 2.18. The Morgan fingerprint density at radius 3 is 3.00 bits per heavy atom. The molecule has 0 saturated carbocycles. The number of thioether (sulfide) groups is 1. The highest BCUT2D eigenvalue weighted by Gasteiger charge is 2.14. The fourth-order valence-corrected chi connectivity index (χ4v) is 2.72. The van der Waals surface area contributed by atoms with Crippen LogP contribution in [0.2, 0.25) is 0 Å². The van der Waals surface area contributed by atoms with E-state index in [1.807, 2.05) is 0 Å². The van der Waals surface area contributed by atoms with Gasteiger partial charge in [0.15, 0.2) is 0 Å². The number of nitrogens with two attached hydrogens (primary N) is 1. The lowest BCUT2D eigenvalue weighted by atomic mass is 10.1. The molecule has 1 aliphatic heterocycles. The van der Waals surface area contributed by atoms with Gasteiger partial charge in [0.25, 0.3) is 0 Å². The number of hydrogen-bond acceptors (Lipinski definition) is 4. The van der Waals surface area contributed by atoms with Crippen molar-refractivity contribution in [2.24, 2.45) is 5.73 Å². The van der Waals surface area contributed by atoms with Crippen molar-refractivity contribution in [1.29, 1.82) is 0 Å². The van der Waals surface area contributed by atoms with Crippen molar-refractivity contribution in [2.45, 2.75) is 44.2 Å². The van der Waals surface area contributed by atoms with Gasteiger partial charge in [0.1, 0.15) is 6.04 Å². The Kier molecular flexibility index (Phi) is 6.84. The number of carboxylic acids is 1. The maximum absolute atomic E-state index is 10.4. The van der Waals surface area contributed by atoms with Gasteiger partial charge in [0.05, 0.1) is 6.10 Å². The van der Waals surface area contributed by atoms with E-state index in [2.05, 4.69) is 0 Å². The van der Waals surface area contributed by atoms with Gasteiger partial charge >= 0.3 is 5.97 Å². The summed E-state index contributed by atoms with van der Waals surface area (Å²) >= 11 is 1.78. The summed E-state index contributed by atoms with van der Waals surface area (Å²) in [7, 11) is 0. The lowest BCUT2D eigenvalue weighted by Crippen LogP contribution is -2.30. The Labute approximate surface area is 101 Å². The number of ether oxygens (including phenoxy) is 1. The highest BCUT2D eigenvalue weighted by molar-refractivity contribution is 7.99. The standard InChI is InChI=1S/C11H21NO3S/c12-10(11(13)14)5-8-16-7-2-4-9-3-1-6-15-9/h9-10H,1-8,12H2,(H,13,14). The second-order valence-corrected chi connectivity index (χ2v) is 5.35. The highest BCUT2D eigenvalue weighted by atomic mass is 32.2. The molecule has 0 aromatic heterocycles. The number of carbonyl (C=O) groups is 1. The lowest BCUT2D eigenvalue weighted by Gasteiger charge is -2.09. The number of carboxylic acid groups (broad SMARTS) is 1. The molecule has 1 heterocycles. The van der Waals surface area contributed by atoms with Crippen molar-refractivity contribution >= 4 is 17.7 Å². The Morgan fingerprint density at radius 2 is 2.38 bits per heavy atom. The van der Waals surface area contributed by atoms with Gasteiger partial charge < -0.3 is 15.6 Å². The molecule has 1 saturated heterocycles. The molecular weight excluding hydrogens is 226 g/mol. The Hall–Kier alpha value is -0.260. The van der Waals surface area contributed by atoms with Crippen LogP contribution in [-0.2, 0) is 9.53 Å². The van der Waals surface area contributed by atoms with Crippen LogP contribution in [0.3, 0.4) is 0 Å². The summed E-state index contributed by atoms with van der Waals surface area (Å²) < 4.78 is 5.52. The second kappa shape index (κ2) is 7.92. The van der Waals surface area contributed by atoms with Gasteiger partial charge in [-0.15, -0.1) is 0 Å². The molecular formula is C11H21NO3S. The van der Waals surface area contributed by atoms with Gasteiger partial charge in [0.2, 0.25) is 0 Å². The summed E-state index contributed by atoms with van der Waals surface area (Å²) in [6.07, 6.45) is 5.72. The van der Waals surface area contributed by atoms with Crippen LogP contribution in [0.25, 0.3) is 0 Å². The first kappa shape index (κ1) is 13.8. The molecule has 0 spiro atoms. The zero-order chi connectivity index (χ0) is 11.8. The Morgan fingerprint density at radius 1 is 1.56 bits per heavy atom. The molecule has 2 unspecified atom stereocenters. The predicted octanol–water partition coefficient (Wildman–Crippen LogP) is 1.48. The third kappa shape index (κ3) is 5.72. The monoisotopic (exact) mass is 247 g/mol. The lowest BCUT2D eigenvalue weighted by molar-refractivity contribution is -0.138. The molecule has 1 rings (SSSR count).